The van der Waals surface area contributed by atoms with Gasteiger partial charge in [-0.15, -0.1) is 11.3 Å². The van der Waals surface area contributed by atoms with Gasteiger partial charge in [0.15, 0.2) is 0 Å². The van der Waals surface area contributed by atoms with E-state index in [9.17, 15) is 14.0 Å². The number of nitrogens with zero attached hydrogens (tertiary/aromatic N) is 1. The van der Waals surface area contributed by atoms with Gasteiger partial charge < -0.3 is 5.32 Å². The van der Waals surface area contributed by atoms with Gasteiger partial charge in [0.2, 0.25) is 0 Å². The molecule has 1 aliphatic heterocycles. The van der Waals surface area contributed by atoms with E-state index >= 15 is 0 Å². The van der Waals surface area contributed by atoms with Crippen LogP contribution in [0.25, 0.3) is 5.57 Å². The molecule has 3 aromatic rings. The van der Waals surface area contributed by atoms with Crippen LogP contribution in [0.2, 0.25) is 0 Å². The minimum absolute atomic E-state index is 0.0526. The third-order valence-corrected chi connectivity index (χ3v) is 5.24. The van der Waals surface area contributed by atoms with Crippen LogP contribution < -0.4 is 10.2 Å². The van der Waals surface area contributed by atoms with Crippen LogP contribution in [0.5, 0.6) is 0 Å². The predicted octanol–water partition coefficient (Wildman–Crippen LogP) is 4.59. The standard InChI is InChI=1S/C21H15FN2O2S/c1-13-7-2-4-9-15(13)23-19-18(17-11-6-12-27-17)20(25)24(21(19)26)16-10-5-3-8-14(16)22/h2-12,23H,1H3. The van der Waals surface area contributed by atoms with E-state index in [4.69, 9.17) is 0 Å². The maximum absolute atomic E-state index is 14.3. The molecule has 0 aliphatic carbocycles. The first-order chi connectivity index (χ1) is 13.1. The minimum Gasteiger partial charge on any atom is -0.350 e. The van der Waals surface area contributed by atoms with E-state index in [-0.39, 0.29) is 17.0 Å². The zero-order valence-electron chi connectivity index (χ0n) is 14.4. The van der Waals surface area contributed by atoms with Gasteiger partial charge in [-0.1, -0.05) is 36.4 Å². The topological polar surface area (TPSA) is 49.4 Å². The fourth-order valence-corrected chi connectivity index (χ4v) is 3.76. The second-order valence-electron chi connectivity index (χ2n) is 6.06. The van der Waals surface area contributed by atoms with Crippen molar-refractivity contribution >= 4 is 40.1 Å². The zero-order chi connectivity index (χ0) is 19.0. The van der Waals surface area contributed by atoms with Gasteiger partial charge in [0.05, 0.1) is 11.3 Å². The summed E-state index contributed by atoms with van der Waals surface area (Å²) in [4.78, 5) is 27.8. The van der Waals surface area contributed by atoms with Crippen molar-refractivity contribution in [2.45, 2.75) is 6.92 Å². The lowest BCUT2D eigenvalue weighted by Crippen LogP contribution is -2.33. The number of nitrogens with one attached hydrogen (secondary N) is 1. The van der Waals surface area contributed by atoms with Crippen LogP contribution in [0.15, 0.2) is 71.7 Å². The Balaban J connectivity index is 1.84. The maximum Gasteiger partial charge on any atom is 0.282 e. The molecule has 6 heteroatoms. The smallest absolute Gasteiger partial charge is 0.282 e. The molecule has 0 fully saturated rings. The Labute approximate surface area is 159 Å². The molecule has 0 radical (unpaired) electrons. The van der Waals surface area contributed by atoms with Crippen LogP contribution >= 0.6 is 11.3 Å². The molecular weight excluding hydrogens is 363 g/mol. The Morgan fingerprint density at radius 2 is 1.67 bits per heavy atom. The highest BCUT2D eigenvalue weighted by atomic mass is 32.1. The van der Waals surface area contributed by atoms with Gasteiger partial charge in [0.25, 0.3) is 11.8 Å². The normalized spacial score (nSPS) is 14.2. The third-order valence-electron chi connectivity index (χ3n) is 4.35. The number of hydrogen-bond donors (Lipinski definition) is 1. The summed E-state index contributed by atoms with van der Waals surface area (Å²) in [6.07, 6.45) is 0. The fraction of sp³-hybridized carbons (Fsp3) is 0.0476. The Bertz CT molecular complexity index is 1070. The highest BCUT2D eigenvalue weighted by molar-refractivity contribution is 7.11. The van der Waals surface area contributed by atoms with Crippen LogP contribution in [-0.2, 0) is 9.59 Å². The van der Waals surface area contributed by atoms with Gasteiger partial charge in [0.1, 0.15) is 11.5 Å². The molecule has 0 saturated heterocycles. The molecule has 0 unspecified atom stereocenters. The van der Waals surface area contributed by atoms with Crippen molar-refractivity contribution < 1.29 is 14.0 Å². The van der Waals surface area contributed by atoms with Crippen molar-refractivity contribution in [1.29, 1.82) is 0 Å². The number of hydrogen-bond acceptors (Lipinski definition) is 4. The van der Waals surface area contributed by atoms with Crippen LogP contribution in [0.3, 0.4) is 0 Å². The minimum atomic E-state index is -0.623. The number of benzene rings is 2. The van der Waals surface area contributed by atoms with Crippen LogP contribution in [0.1, 0.15) is 10.4 Å². The number of imide groups is 1. The molecule has 0 saturated carbocycles. The molecule has 2 amide bonds. The predicted molar refractivity (Wildman–Crippen MR) is 105 cm³/mol. The van der Waals surface area contributed by atoms with E-state index < -0.39 is 17.6 Å². The summed E-state index contributed by atoms with van der Waals surface area (Å²) in [5.41, 5.74) is 2.00. The summed E-state index contributed by atoms with van der Waals surface area (Å²) in [7, 11) is 0. The number of anilines is 2. The molecule has 2 aromatic carbocycles. The number of carbonyl (C=O) groups excluding carboxylic acids is 2. The lowest BCUT2D eigenvalue weighted by Gasteiger charge is -2.16. The number of halogens is 1. The second-order valence-corrected chi connectivity index (χ2v) is 7.01. The van der Waals surface area contributed by atoms with Crippen molar-refractivity contribution in [2.24, 2.45) is 0 Å². The van der Waals surface area contributed by atoms with Crippen LogP contribution in [0, 0.1) is 12.7 Å². The van der Waals surface area contributed by atoms with Gasteiger partial charge in [0, 0.05) is 10.6 Å². The van der Waals surface area contributed by atoms with Crippen LogP contribution in [-0.4, -0.2) is 11.8 Å². The first-order valence-electron chi connectivity index (χ1n) is 8.32. The summed E-state index contributed by atoms with van der Waals surface area (Å²) in [5, 5.41) is 4.93. The molecule has 1 N–H and O–H groups in total. The molecule has 0 bridgehead atoms. The van der Waals surface area contributed by atoms with E-state index in [0.717, 1.165) is 16.2 Å². The first-order valence-corrected chi connectivity index (χ1v) is 9.20. The number of amides is 2. The summed E-state index contributed by atoms with van der Waals surface area (Å²) in [6, 6.07) is 16.8. The Kier molecular flexibility index (Phi) is 4.33. The Morgan fingerprint density at radius 3 is 2.37 bits per heavy atom. The summed E-state index contributed by atoms with van der Waals surface area (Å²) in [6.45, 7) is 1.91. The lowest BCUT2D eigenvalue weighted by molar-refractivity contribution is -0.120. The first kappa shape index (κ1) is 17.2. The van der Waals surface area contributed by atoms with E-state index in [0.29, 0.717) is 4.88 Å². The quantitative estimate of drug-likeness (QED) is 0.676. The Hall–Kier alpha value is -3.25. The molecule has 4 rings (SSSR count). The van der Waals surface area contributed by atoms with Crippen LogP contribution in [0.4, 0.5) is 15.8 Å². The van der Waals surface area contributed by atoms with Gasteiger partial charge in [-0.3, -0.25) is 9.59 Å². The molecular formula is C21H15FN2O2S. The molecule has 0 atom stereocenters. The van der Waals surface area contributed by atoms with Crippen molar-refractivity contribution in [3.63, 3.8) is 0 Å². The van der Waals surface area contributed by atoms with Gasteiger partial charge in [-0.2, -0.15) is 0 Å². The number of aryl methyl sites for hydroxylation is 1. The molecule has 27 heavy (non-hydrogen) atoms. The molecule has 2 heterocycles. The van der Waals surface area contributed by atoms with Gasteiger partial charge in [-0.25, -0.2) is 9.29 Å². The molecule has 134 valence electrons. The third kappa shape index (κ3) is 2.94. The average Bonchev–Trinajstić information content (AvgIpc) is 3.25. The monoisotopic (exact) mass is 378 g/mol. The lowest BCUT2D eigenvalue weighted by atomic mass is 10.1. The summed E-state index contributed by atoms with van der Waals surface area (Å²) >= 11 is 1.35. The number of para-hydroxylation sites is 2. The maximum atomic E-state index is 14.3. The number of carbonyl (C=O) groups is 2. The number of rotatable bonds is 4. The van der Waals surface area contributed by atoms with Crippen molar-refractivity contribution in [3.05, 3.63) is 88.0 Å². The van der Waals surface area contributed by atoms with E-state index in [1.165, 1.54) is 29.5 Å². The molecule has 1 aliphatic rings. The molecule has 0 spiro atoms. The zero-order valence-corrected chi connectivity index (χ0v) is 15.2. The van der Waals surface area contributed by atoms with Crippen molar-refractivity contribution in [1.82, 2.24) is 0 Å². The fourth-order valence-electron chi connectivity index (χ4n) is 2.99. The SMILES string of the molecule is Cc1ccccc1NC1=C(c2cccs2)C(=O)N(c2ccccc2F)C1=O. The van der Waals surface area contributed by atoms with Crippen molar-refractivity contribution in [3.8, 4) is 0 Å². The molecule has 1 aromatic heterocycles. The van der Waals surface area contributed by atoms with Crippen molar-refractivity contribution in [2.75, 3.05) is 10.2 Å². The van der Waals surface area contributed by atoms with Gasteiger partial charge in [-0.05, 0) is 42.1 Å². The average molecular weight is 378 g/mol. The van der Waals surface area contributed by atoms with E-state index in [1.807, 2.05) is 42.6 Å². The van der Waals surface area contributed by atoms with Gasteiger partial charge >= 0.3 is 0 Å². The Morgan fingerprint density at radius 1 is 0.926 bits per heavy atom. The molecule has 4 nitrogen and oxygen atoms in total. The highest BCUT2D eigenvalue weighted by Gasteiger charge is 2.41. The number of thiophene rings is 1. The summed E-state index contributed by atoms with van der Waals surface area (Å²) in [5.74, 6) is -1.73. The summed E-state index contributed by atoms with van der Waals surface area (Å²) < 4.78 is 14.3. The largest absolute Gasteiger partial charge is 0.350 e. The second kappa shape index (κ2) is 6.81. The van der Waals surface area contributed by atoms with E-state index in [2.05, 4.69) is 5.32 Å². The van der Waals surface area contributed by atoms with E-state index in [1.54, 1.807) is 12.1 Å². The highest BCUT2D eigenvalue weighted by Crippen LogP contribution is 2.36.